The standard InChI is InChI=1S/C25H24NO/c1-3-16-26-18-21-14-15-22(27-2)17-23(21)24(19-10-6-4-7-11-19)25(26)20-12-8-5-9-13-20/h4-15,17-18H,3,16H2,1-2H3/q+1. The van der Waals surface area contributed by atoms with E-state index in [1.807, 2.05) is 6.07 Å². The molecule has 0 fully saturated rings. The molecule has 0 atom stereocenters. The van der Waals surface area contributed by atoms with Crippen molar-refractivity contribution >= 4 is 10.8 Å². The number of hydrogen-bond acceptors (Lipinski definition) is 1. The summed E-state index contributed by atoms with van der Waals surface area (Å²) in [7, 11) is 1.72. The summed E-state index contributed by atoms with van der Waals surface area (Å²) >= 11 is 0. The Morgan fingerprint density at radius 3 is 2.11 bits per heavy atom. The SMILES string of the molecule is CCC[n+]1cc2ccc(OC)cc2c(-c2ccccc2)c1-c1ccccc1. The van der Waals surface area contributed by atoms with E-state index in [4.69, 9.17) is 4.74 Å². The third-order valence-electron chi connectivity index (χ3n) is 4.92. The average molecular weight is 354 g/mol. The maximum atomic E-state index is 5.53. The van der Waals surface area contributed by atoms with Gasteiger partial charge in [0, 0.05) is 22.8 Å². The van der Waals surface area contributed by atoms with Gasteiger partial charge in [0.1, 0.15) is 12.3 Å². The lowest BCUT2D eigenvalue weighted by atomic mass is 9.93. The highest BCUT2D eigenvalue weighted by atomic mass is 16.5. The molecule has 2 nitrogen and oxygen atoms in total. The van der Waals surface area contributed by atoms with Crippen LogP contribution in [-0.2, 0) is 6.54 Å². The molecule has 0 aliphatic carbocycles. The summed E-state index contributed by atoms with van der Waals surface area (Å²) in [6, 6.07) is 27.7. The van der Waals surface area contributed by atoms with Crippen molar-refractivity contribution in [2.75, 3.05) is 7.11 Å². The molecule has 0 aliphatic heterocycles. The average Bonchev–Trinajstić information content (AvgIpc) is 2.74. The van der Waals surface area contributed by atoms with Gasteiger partial charge in [-0.2, -0.15) is 4.57 Å². The molecular formula is C25H24NO+. The van der Waals surface area contributed by atoms with Gasteiger partial charge in [0.25, 0.3) is 0 Å². The molecular weight excluding hydrogens is 330 g/mol. The summed E-state index contributed by atoms with van der Waals surface area (Å²) in [6.45, 7) is 3.20. The molecule has 3 aromatic carbocycles. The van der Waals surface area contributed by atoms with Crippen molar-refractivity contribution in [1.29, 1.82) is 0 Å². The molecule has 0 saturated carbocycles. The number of methoxy groups -OCH3 is 1. The number of pyridine rings is 1. The van der Waals surface area contributed by atoms with Crippen LogP contribution in [0.3, 0.4) is 0 Å². The topological polar surface area (TPSA) is 13.1 Å². The van der Waals surface area contributed by atoms with E-state index in [9.17, 15) is 0 Å². The van der Waals surface area contributed by atoms with Gasteiger partial charge in [0.05, 0.1) is 12.7 Å². The highest BCUT2D eigenvalue weighted by Crippen LogP contribution is 2.37. The van der Waals surface area contributed by atoms with Gasteiger partial charge in [-0.15, -0.1) is 0 Å². The van der Waals surface area contributed by atoms with Crippen LogP contribution in [0.5, 0.6) is 5.75 Å². The van der Waals surface area contributed by atoms with Gasteiger partial charge >= 0.3 is 0 Å². The number of rotatable bonds is 5. The smallest absolute Gasteiger partial charge is 0.221 e. The quantitative estimate of drug-likeness (QED) is 0.408. The van der Waals surface area contributed by atoms with Crippen molar-refractivity contribution in [1.82, 2.24) is 0 Å². The van der Waals surface area contributed by atoms with E-state index in [0.29, 0.717) is 0 Å². The van der Waals surface area contributed by atoms with Crippen molar-refractivity contribution in [3.63, 3.8) is 0 Å². The highest BCUT2D eigenvalue weighted by molar-refractivity contribution is 6.01. The fourth-order valence-corrected chi connectivity index (χ4v) is 3.72. The minimum absolute atomic E-state index is 0.881. The minimum Gasteiger partial charge on any atom is -0.497 e. The zero-order valence-electron chi connectivity index (χ0n) is 15.9. The van der Waals surface area contributed by atoms with Crippen LogP contribution in [0.1, 0.15) is 13.3 Å². The third kappa shape index (κ3) is 3.31. The van der Waals surface area contributed by atoms with Gasteiger partial charge in [-0.1, -0.05) is 55.5 Å². The molecule has 2 heteroatoms. The van der Waals surface area contributed by atoms with Gasteiger partial charge in [0.2, 0.25) is 5.69 Å². The van der Waals surface area contributed by atoms with Crippen LogP contribution >= 0.6 is 0 Å². The second-order valence-corrected chi connectivity index (χ2v) is 6.73. The normalized spacial score (nSPS) is 10.9. The summed E-state index contributed by atoms with van der Waals surface area (Å²) in [5, 5.41) is 2.44. The number of aryl methyl sites for hydroxylation is 1. The molecule has 0 unspecified atom stereocenters. The number of benzene rings is 3. The lowest BCUT2D eigenvalue weighted by Crippen LogP contribution is -2.36. The third-order valence-corrected chi connectivity index (χ3v) is 4.92. The van der Waals surface area contributed by atoms with Crippen molar-refractivity contribution < 1.29 is 9.30 Å². The van der Waals surface area contributed by atoms with E-state index in [-0.39, 0.29) is 0 Å². The second-order valence-electron chi connectivity index (χ2n) is 6.73. The summed E-state index contributed by atoms with van der Waals surface area (Å²) in [5.74, 6) is 0.881. The van der Waals surface area contributed by atoms with Gasteiger partial charge in [-0.3, -0.25) is 0 Å². The van der Waals surface area contributed by atoms with Crippen LogP contribution in [0.4, 0.5) is 0 Å². The molecule has 0 bridgehead atoms. The molecule has 4 rings (SSSR count). The Hall–Kier alpha value is -3.13. The molecule has 27 heavy (non-hydrogen) atoms. The highest BCUT2D eigenvalue weighted by Gasteiger charge is 2.23. The predicted octanol–water partition coefficient (Wildman–Crippen LogP) is 5.88. The van der Waals surface area contributed by atoms with Crippen molar-refractivity contribution in [2.24, 2.45) is 0 Å². The van der Waals surface area contributed by atoms with Crippen molar-refractivity contribution in [3.8, 4) is 28.1 Å². The lowest BCUT2D eigenvalue weighted by molar-refractivity contribution is -0.684. The number of fused-ring (bicyclic) bond motifs is 1. The van der Waals surface area contributed by atoms with Crippen LogP contribution in [0.15, 0.2) is 85.1 Å². The van der Waals surface area contributed by atoms with Crippen LogP contribution in [0.25, 0.3) is 33.2 Å². The summed E-state index contributed by atoms with van der Waals surface area (Å²) in [6.07, 6.45) is 3.35. The first kappa shape index (κ1) is 17.3. The lowest BCUT2D eigenvalue weighted by Gasteiger charge is -2.14. The first-order valence-corrected chi connectivity index (χ1v) is 9.47. The van der Waals surface area contributed by atoms with E-state index >= 15 is 0 Å². The van der Waals surface area contributed by atoms with Crippen LogP contribution in [0.2, 0.25) is 0 Å². The van der Waals surface area contributed by atoms with E-state index in [1.165, 1.54) is 33.2 Å². The maximum Gasteiger partial charge on any atom is 0.221 e. The Morgan fingerprint density at radius 1 is 0.815 bits per heavy atom. The molecule has 0 aliphatic rings. The molecule has 0 amide bonds. The monoisotopic (exact) mass is 354 g/mol. The van der Waals surface area contributed by atoms with Gasteiger partial charge in [-0.05, 0) is 35.9 Å². The van der Waals surface area contributed by atoms with Crippen molar-refractivity contribution in [3.05, 3.63) is 85.1 Å². The molecule has 0 N–H and O–H groups in total. The van der Waals surface area contributed by atoms with Crippen LogP contribution in [-0.4, -0.2) is 7.11 Å². The fraction of sp³-hybridized carbons (Fsp3) is 0.160. The molecule has 0 spiro atoms. The first-order chi connectivity index (χ1) is 13.3. The molecule has 134 valence electrons. The Kier molecular flexibility index (Phi) is 4.88. The maximum absolute atomic E-state index is 5.53. The zero-order chi connectivity index (χ0) is 18.6. The van der Waals surface area contributed by atoms with Crippen LogP contribution in [0, 0.1) is 0 Å². The summed E-state index contributed by atoms with van der Waals surface area (Å²) in [5.41, 5.74) is 4.96. The Bertz CT molecular complexity index is 1060. The van der Waals surface area contributed by atoms with E-state index in [0.717, 1.165) is 18.7 Å². The summed E-state index contributed by atoms with van der Waals surface area (Å²) < 4.78 is 7.92. The second kappa shape index (κ2) is 7.63. The van der Waals surface area contributed by atoms with Crippen LogP contribution < -0.4 is 9.30 Å². The fourth-order valence-electron chi connectivity index (χ4n) is 3.72. The molecule has 4 aromatic rings. The summed E-state index contributed by atoms with van der Waals surface area (Å²) in [4.78, 5) is 0. The van der Waals surface area contributed by atoms with Gasteiger partial charge < -0.3 is 4.74 Å². The number of hydrogen-bond donors (Lipinski definition) is 0. The molecule has 0 radical (unpaired) electrons. The Morgan fingerprint density at radius 2 is 1.48 bits per heavy atom. The Labute approximate surface area is 160 Å². The molecule has 1 heterocycles. The predicted molar refractivity (Wildman–Crippen MR) is 112 cm³/mol. The zero-order valence-corrected chi connectivity index (χ0v) is 15.9. The van der Waals surface area contributed by atoms with E-state index < -0.39 is 0 Å². The van der Waals surface area contributed by atoms with Crippen molar-refractivity contribution in [2.45, 2.75) is 19.9 Å². The number of aromatic nitrogens is 1. The Balaban J connectivity index is 2.15. The van der Waals surface area contributed by atoms with Gasteiger partial charge in [-0.25, -0.2) is 0 Å². The first-order valence-electron chi connectivity index (χ1n) is 9.47. The largest absolute Gasteiger partial charge is 0.497 e. The van der Waals surface area contributed by atoms with E-state index in [2.05, 4.69) is 90.5 Å². The molecule has 1 aromatic heterocycles. The minimum atomic E-state index is 0.881. The molecule has 0 saturated heterocycles. The van der Waals surface area contributed by atoms with Gasteiger partial charge in [0.15, 0.2) is 6.20 Å². The van der Waals surface area contributed by atoms with E-state index in [1.54, 1.807) is 7.11 Å². The number of ether oxygens (including phenoxy) is 1. The number of nitrogens with zero attached hydrogens (tertiary/aromatic N) is 1.